The Hall–Kier alpha value is -1.88. The molecular formula is C18H25N3O2. The Balaban J connectivity index is 1.52. The number of amides is 2. The molecule has 1 heterocycles. The van der Waals surface area contributed by atoms with Crippen LogP contribution in [0.15, 0.2) is 24.3 Å². The normalized spacial score (nSPS) is 26.4. The fourth-order valence-electron chi connectivity index (χ4n) is 3.80. The monoisotopic (exact) mass is 315 g/mol. The summed E-state index contributed by atoms with van der Waals surface area (Å²) in [5.41, 5.74) is 1.74. The van der Waals surface area contributed by atoms with Crippen molar-refractivity contribution in [1.82, 2.24) is 10.6 Å². The van der Waals surface area contributed by atoms with Gasteiger partial charge in [0.15, 0.2) is 0 Å². The van der Waals surface area contributed by atoms with Gasteiger partial charge in [-0.25, -0.2) is 0 Å². The van der Waals surface area contributed by atoms with Crippen LogP contribution in [0.5, 0.6) is 0 Å². The van der Waals surface area contributed by atoms with E-state index in [-0.39, 0.29) is 17.9 Å². The largest absolute Gasteiger partial charge is 0.351 e. The van der Waals surface area contributed by atoms with Crippen LogP contribution in [0.3, 0.4) is 0 Å². The third kappa shape index (κ3) is 4.10. The van der Waals surface area contributed by atoms with Gasteiger partial charge in [-0.1, -0.05) is 25.0 Å². The molecule has 1 saturated heterocycles. The topological polar surface area (TPSA) is 70.2 Å². The van der Waals surface area contributed by atoms with Crippen molar-refractivity contribution in [2.45, 2.75) is 57.7 Å². The second kappa shape index (κ2) is 7.13. The van der Waals surface area contributed by atoms with Crippen molar-refractivity contribution in [2.75, 3.05) is 5.32 Å². The molecule has 23 heavy (non-hydrogen) atoms. The molecule has 3 atom stereocenters. The summed E-state index contributed by atoms with van der Waals surface area (Å²) in [5.74, 6) is 0.663. The Labute approximate surface area is 137 Å². The maximum absolute atomic E-state index is 12.4. The van der Waals surface area contributed by atoms with Gasteiger partial charge in [-0.2, -0.15) is 0 Å². The highest BCUT2D eigenvalue weighted by Crippen LogP contribution is 2.33. The van der Waals surface area contributed by atoms with Crippen LogP contribution in [0.2, 0.25) is 0 Å². The van der Waals surface area contributed by atoms with Gasteiger partial charge >= 0.3 is 0 Å². The number of carbonyl (C=O) groups is 2. The molecule has 2 fully saturated rings. The summed E-state index contributed by atoms with van der Waals surface area (Å²) >= 11 is 0. The molecule has 5 heteroatoms. The van der Waals surface area contributed by atoms with Gasteiger partial charge in [-0.3, -0.25) is 9.59 Å². The highest BCUT2D eigenvalue weighted by molar-refractivity contribution is 5.88. The van der Waals surface area contributed by atoms with Crippen LogP contribution in [0.4, 0.5) is 5.69 Å². The maximum Gasteiger partial charge on any atom is 0.237 e. The zero-order valence-corrected chi connectivity index (χ0v) is 13.6. The first-order valence-electron chi connectivity index (χ1n) is 8.52. The quantitative estimate of drug-likeness (QED) is 0.797. The molecule has 3 rings (SSSR count). The molecular weight excluding hydrogens is 290 g/mol. The van der Waals surface area contributed by atoms with Gasteiger partial charge in [0.25, 0.3) is 0 Å². The number of benzene rings is 1. The predicted molar refractivity (Wildman–Crippen MR) is 89.9 cm³/mol. The molecule has 2 amide bonds. The lowest BCUT2D eigenvalue weighted by Gasteiger charge is -2.24. The third-order valence-electron chi connectivity index (χ3n) is 4.89. The van der Waals surface area contributed by atoms with E-state index in [0.29, 0.717) is 18.5 Å². The Morgan fingerprint density at radius 3 is 2.87 bits per heavy atom. The van der Waals surface area contributed by atoms with Gasteiger partial charge in [-0.15, -0.1) is 0 Å². The van der Waals surface area contributed by atoms with Gasteiger partial charge in [0, 0.05) is 25.2 Å². The molecule has 2 aliphatic rings. The van der Waals surface area contributed by atoms with E-state index in [1.807, 2.05) is 24.3 Å². The Morgan fingerprint density at radius 1 is 1.26 bits per heavy atom. The number of anilines is 1. The van der Waals surface area contributed by atoms with Crippen molar-refractivity contribution < 1.29 is 9.59 Å². The average Bonchev–Trinajstić information content (AvgIpc) is 2.96. The minimum absolute atomic E-state index is 0.0540. The van der Waals surface area contributed by atoms with E-state index in [2.05, 4.69) is 16.0 Å². The van der Waals surface area contributed by atoms with Crippen molar-refractivity contribution >= 4 is 17.5 Å². The van der Waals surface area contributed by atoms with E-state index in [1.165, 1.54) is 32.6 Å². The van der Waals surface area contributed by atoms with Crippen LogP contribution in [0.1, 0.15) is 44.6 Å². The van der Waals surface area contributed by atoms with E-state index >= 15 is 0 Å². The second-order valence-electron chi connectivity index (χ2n) is 6.71. The Morgan fingerprint density at radius 2 is 2.09 bits per heavy atom. The van der Waals surface area contributed by atoms with E-state index < -0.39 is 0 Å². The van der Waals surface area contributed by atoms with Crippen molar-refractivity contribution in [3.8, 4) is 0 Å². The molecule has 0 aromatic heterocycles. The molecule has 1 aliphatic carbocycles. The standard InChI is InChI=1S/C18H25N3O2/c1-12(22)20-15-7-4-5-13(9-15)11-19-18(23)17-10-14-6-2-3-8-16(14)21-17/h4-5,7,9,14,16-17,21H,2-3,6,8,10-11H2,1H3,(H,19,23)(H,20,22). The SMILES string of the molecule is CC(=O)Nc1cccc(CNC(=O)C2CC3CCCCC3N2)c1. The third-order valence-corrected chi connectivity index (χ3v) is 4.89. The summed E-state index contributed by atoms with van der Waals surface area (Å²) < 4.78 is 0. The number of fused-ring (bicyclic) bond motifs is 1. The van der Waals surface area contributed by atoms with Crippen molar-refractivity contribution in [3.63, 3.8) is 0 Å². The Bertz CT molecular complexity index is 573. The summed E-state index contributed by atoms with van der Waals surface area (Å²) in [6.45, 7) is 1.97. The molecule has 1 saturated carbocycles. The van der Waals surface area contributed by atoms with Gasteiger partial charge in [0.2, 0.25) is 11.8 Å². The summed E-state index contributed by atoms with van der Waals surface area (Å²) in [7, 11) is 0. The highest BCUT2D eigenvalue weighted by Gasteiger charge is 2.37. The van der Waals surface area contributed by atoms with Crippen LogP contribution in [0.25, 0.3) is 0 Å². The minimum Gasteiger partial charge on any atom is -0.351 e. The molecule has 1 aromatic rings. The number of hydrogen-bond acceptors (Lipinski definition) is 3. The molecule has 1 aromatic carbocycles. The van der Waals surface area contributed by atoms with Gasteiger partial charge < -0.3 is 16.0 Å². The van der Waals surface area contributed by atoms with E-state index in [4.69, 9.17) is 0 Å². The minimum atomic E-state index is -0.0936. The van der Waals surface area contributed by atoms with Crippen LogP contribution < -0.4 is 16.0 Å². The number of rotatable bonds is 4. The molecule has 124 valence electrons. The number of carbonyl (C=O) groups excluding carboxylic acids is 2. The average molecular weight is 315 g/mol. The first-order valence-corrected chi connectivity index (χ1v) is 8.52. The number of nitrogens with one attached hydrogen (secondary N) is 3. The van der Waals surface area contributed by atoms with Crippen LogP contribution >= 0.6 is 0 Å². The molecule has 0 bridgehead atoms. The van der Waals surface area contributed by atoms with Gasteiger partial charge in [-0.05, 0) is 42.9 Å². The van der Waals surface area contributed by atoms with Gasteiger partial charge in [0.1, 0.15) is 0 Å². The van der Waals surface area contributed by atoms with Crippen molar-refractivity contribution in [2.24, 2.45) is 5.92 Å². The maximum atomic E-state index is 12.4. The second-order valence-corrected chi connectivity index (χ2v) is 6.71. The zero-order valence-electron chi connectivity index (χ0n) is 13.6. The lowest BCUT2D eigenvalue weighted by molar-refractivity contribution is -0.123. The van der Waals surface area contributed by atoms with Crippen LogP contribution in [-0.2, 0) is 16.1 Å². The number of hydrogen-bond donors (Lipinski definition) is 3. The first kappa shape index (κ1) is 16.0. The summed E-state index contributed by atoms with van der Waals surface area (Å²) in [6.07, 6.45) is 5.99. The molecule has 3 N–H and O–H groups in total. The van der Waals surface area contributed by atoms with Crippen LogP contribution in [0, 0.1) is 5.92 Å². The fraction of sp³-hybridized carbons (Fsp3) is 0.556. The van der Waals surface area contributed by atoms with E-state index in [9.17, 15) is 9.59 Å². The summed E-state index contributed by atoms with van der Waals surface area (Å²) in [6, 6.07) is 8.05. The molecule has 5 nitrogen and oxygen atoms in total. The van der Waals surface area contributed by atoms with E-state index in [0.717, 1.165) is 17.7 Å². The first-order chi connectivity index (χ1) is 11.1. The predicted octanol–water partition coefficient (Wildman–Crippen LogP) is 2.18. The highest BCUT2D eigenvalue weighted by atomic mass is 16.2. The molecule has 0 radical (unpaired) electrons. The zero-order chi connectivity index (χ0) is 16.2. The Kier molecular flexibility index (Phi) is 4.96. The van der Waals surface area contributed by atoms with Gasteiger partial charge in [0.05, 0.1) is 6.04 Å². The summed E-state index contributed by atoms with van der Waals surface area (Å²) in [5, 5.41) is 9.27. The fourth-order valence-corrected chi connectivity index (χ4v) is 3.80. The lowest BCUT2D eigenvalue weighted by atomic mass is 9.85. The van der Waals surface area contributed by atoms with Crippen molar-refractivity contribution in [1.29, 1.82) is 0 Å². The molecule has 1 aliphatic heterocycles. The smallest absolute Gasteiger partial charge is 0.237 e. The molecule has 0 spiro atoms. The molecule has 3 unspecified atom stereocenters. The van der Waals surface area contributed by atoms with Crippen molar-refractivity contribution in [3.05, 3.63) is 29.8 Å². The summed E-state index contributed by atoms with van der Waals surface area (Å²) in [4.78, 5) is 23.5. The lowest BCUT2D eigenvalue weighted by Crippen LogP contribution is -2.42. The van der Waals surface area contributed by atoms with Crippen LogP contribution in [-0.4, -0.2) is 23.9 Å². The van der Waals surface area contributed by atoms with E-state index in [1.54, 1.807) is 0 Å².